The van der Waals surface area contributed by atoms with Gasteiger partial charge in [-0.3, -0.25) is 0 Å². The van der Waals surface area contributed by atoms with Crippen molar-refractivity contribution in [2.45, 2.75) is 26.3 Å². The molecule has 1 rings (SSSR count). The maximum atomic E-state index is 8.91. The zero-order chi connectivity index (χ0) is 12.0. The molecule has 1 aromatic rings. The summed E-state index contributed by atoms with van der Waals surface area (Å²) in [4.78, 5) is 3.83. The van der Waals surface area contributed by atoms with Gasteiger partial charge in [0.15, 0.2) is 11.4 Å². The van der Waals surface area contributed by atoms with Crippen LogP contribution in [0.3, 0.4) is 0 Å². The van der Waals surface area contributed by atoms with E-state index in [9.17, 15) is 0 Å². The number of rotatable bonds is 4. The third kappa shape index (κ3) is 2.40. The highest BCUT2D eigenvalue weighted by Gasteiger charge is 2.13. The molecule has 0 aliphatic rings. The second-order valence-electron chi connectivity index (χ2n) is 3.21. The molecule has 0 aliphatic heterocycles. The summed E-state index contributed by atoms with van der Waals surface area (Å²) in [5, 5.41) is 17.7. The Morgan fingerprint density at radius 3 is 2.69 bits per heavy atom. The molecular formula is C11H13N5. The predicted molar refractivity (Wildman–Crippen MR) is 60.1 cm³/mol. The molecule has 0 saturated carbocycles. The van der Waals surface area contributed by atoms with Gasteiger partial charge in [-0.05, 0) is 12.8 Å². The lowest BCUT2D eigenvalue weighted by atomic mass is 10.3. The van der Waals surface area contributed by atoms with Crippen molar-refractivity contribution < 1.29 is 0 Å². The number of allylic oxidation sites excluding steroid dienone is 2. The topological polar surface area (TPSA) is 91.4 Å². The Labute approximate surface area is 94.4 Å². The number of aromatic nitrogens is 2. The van der Waals surface area contributed by atoms with Gasteiger partial charge in [-0.1, -0.05) is 19.1 Å². The van der Waals surface area contributed by atoms with Gasteiger partial charge in [-0.15, -0.1) is 0 Å². The molecule has 5 heteroatoms. The van der Waals surface area contributed by atoms with Crippen LogP contribution in [0.2, 0.25) is 0 Å². The van der Waals surface area contributed by atoms with Gasteiger partial charge in [-0.25, -0.2) is 4.98 Å². The van der Waals surface area contributed by atoms with Gasteiger partial charge in [0.05, 0.1) is 0 Å². The Hall–Kier alpha value is -2.27. The van der Waals surface area contributed by atoms with Gasteiger partial charge in [0.25, 0.3) is 0 Å². The zero-order valence-corrected chi connectivity index (χ0v) is 9.14. The minimum atomic E-state index is 0.0967. The van der Waals surface area contributed by atoms with E-state index in [-0.39, 0.29) is 17.3 Å². The van der Waals surface area contributed by atoms with E-state index >= 15 is 0 Å². The first-order chi connectivity index (χ1) is 7.74. The van der Waals surface area contributed by atoms with Gasteiger partial charge in [0.2, 0.25) is 5.95 Å². The molecule has 0 radical (unpaired) electrons. The van der Waals surface area contributed by atoms with E-state index in [0.29, 0.717) is 6.54 Å². The standard InChI is InChI=1S/C11H13N5/c1-2-3-4-5-6-16-10(8-13)9(7-12)15-11(16)14/h3-4H,2,5-6H2,1H3,(H2,14,15). The lowest BCUT2D eigenvalue weighted by Crippen LogP contribution is -2.05. The van der Waals surface area contributed by atoms with E-state index in [0.717, 1.165) is 12.8 Å². The summed E-state index contributed by atoms with van der Waals surface area (Å²) in [5.41, 5.74) is 5.97. The maximum absolute atomic E-state index is 8.91. The smallest absolute Gasteiger partial charge is 0.202 e. The lowest BCUT2D eigenvalue weighted by molar-refractivity contribution is 0.710. The minimum absolute atomic E-state index is 0.0967. The first-order valence-corrected chi connectivity index (χ1v) is 5.05. The number of imidazole rings is 1. The highest BCUT2D eigenvalue weighted by atomic mass is 15.2. The second kappa shape index (κ2) is 5.57. The largest absolute Gasteiger partial charge is 0.369 e. The van der Waals surface area contributed by atoms with Crippen LogP contribution in [0, 0.1) is 22.7 Å². The molecule has 0 saturated heterocycles. The van der Waals surface area contributed by atoms with Crippen molar-refractivity contribution in [2.75, 3.05) is 5.73 Å². The Bertz CT molecular complexity index is 470. The van der Waals surface area contributed by atoms with Crippen molar-refractivity contribution in [3.63, 3.8) is 0 Å². The number of nitrogen functional groups attached to an aromatic ring is 1. The van der Waals surface area contributed by atoms with Crippen molar-refractivity contribution >= 4 is 5.95 Å². The summed E-state index contributed by atoms with van der Waals surface area (Å²) < 4.78 is 1.57. The molecule has 0 spiro atoms. The third-order valence-corrected chi connectivity index (χ3v) is 2.13. The highest BCUT2D eigenvalue weighted by molar-refractivity contribution is 5.43. The van der Waals surface area contributed by atoms with E-state index in [4.69, 9.17) is 16.3 Å². The fourth-order valence-electron chi connectivity index (χ4n) is 1.38. The van der Waals surface area contributed by atoms with E-state index < -0.39 is 0 Å². The molecule has 0 aromatic carbocycles. The van der Waals surface area contributed by atoms with Crippen LogP contribution in [-0.4, -0.2) is 9.55 Å². The molecule has 1 heterocycles. The quantitative estimate of drug-likeness (QED) is 0.771. The highest BCUT2D eigenvalue weighted by Crippen LogP contribution is 2.12. The van der Waals surface area contributed by atoms with Crippen LogP contribution in [0.5, 0.6) is 0 Å². The molecule has 0 aliphatic carbocycles. The molecule has 0 unspecified atom stereocenters. The minimum Gasteiger partial charge on any atom is -0.369 e. The average molecular weight is 215 g/mol. The summed E-state index contributed by atoms with van der Waals surface area (Å²) >= 11 is 0. The van der Waals surface area contributed by atoms with Crippen molar-refractivity contribution in [1.29, 1.82) is 10.5 Å². The Kier molecular flexibility index (Phi) is 4.11. The SMILES string of the molecule is CCC=CCCn1c(N)nc(C#N)c1C#N. The zero-order valence-electron chi connectivity index (χ0n) is 9.14. The van der Waals surface area contributed by atoms with E-state index in [1.807, 2.05) is 24.3 Å². The summed E-state index contributed by atoms with van der Waals surface area (Å²) in [5.74, 6) is 0.220. The van der Waals surface area contributed by atoms with Gasteiger partial charge < -0.3 is 10.3 Å². The number of hydrogen-bond acceptors (Lipinski definition) is 4. The van der Waals surface area contributed by atoms with Gasteiger partial charge in [0, 0.05) is 6.54 Å². The lowest BCUT2D eigenvalue weighted by Gasteiger charge is -2.02. The summed E-state index contributed by atoms with van der Waals surface area (Å²) in [6.07, 6.45) is 5.82. The third-order valence-electron chi connectivity index (χ3n) is 2.13. The van der Waals surface area contributed by atoms with Crippen molar-refractivity contribution in [3.05, 3.63) is 23.5 Å². The van der Waals surface area contributed by atoms with Gasteiger partial charge in [-0.2, -0.15) is 10.5 Å². The molecule has 1 aromatic heterocycles. The van der Waals surface area contributed by atoms with Crippen molar-refractivity contribution in [3.8, 4) is 12.1 Å². The number of nitrogens with zero attached hydrogens (tertiary/aromatic N) is 4. The molecule has 5 nitrogen and oxygen atoms in total. The van der Waals surface area contributed by atoms with Crippen LogP contribution in [0.25, 0.3) is 0 Å². The molecule has 82 valence electrons. The first-order valence-electron chi connectivity index (χ1n) is 5.05. The molecule has 0 fully saturated rings. The summed E-state index contributed by atoms with van der Waals surface area (Å²) in [7, 11) is 0. The molecule has 0 atom stereocenters. The van der Waals surface area contributed by atoms with Crippen molar-refractivity contribution in [1.82, 2.24) is 9.55 Å². The molecule has 0 bridgehead atoms. The number of anilines is 1. The second-order valence-corrected chi connectivity index (χ2v) is 3.21. The normalized spacial score (nSPS) is 10.2. The van der Waals surface area contributed by atoms with Crippen LogP contribution >= 0.6 is 0 Å². The van der Waals surface area contributed by atoms with Crippen LogP contribution in [0.4, 0.5) is 5.95 Å². The van der Waals surface area contributed by atoms with E-state index in [2.05, 4.69) is 11.9 Å². The Balaban J connectivity index is 2.88. The van der Waals surface area contributed by atoms with E-state index in [1.54, 1.807) is 4.57 Å². The molecule has 16 heavy (non-hydrogen) atoms. The maximum Gasteiger partial charge on any atom is 0.202 e. The number of nitrogens with two attached hydrogens (primary N) is 1. The predicted octanol–water partition coefficient (Wildman–Crippen LogP) is 1.56. The van der Waals surface area contributed by atoms with Crippen molar-refractivity contribution in [2.24, 2.45) is 0 Å². The fraction of sp³-hybridized carbons (Fsp3) is 0.364. The number of nitriles is 2. The Morgan fingerprint density at radius 1 is 1.38 bits per heavy atom. The molecular weight excluding hydrogens is 202 g/mol. The van der Waals surface area contributed by atoms with Crippen LogP contribution < -0.4 is 5.73 Å². The van der Waals surface area contributed by atoms with Crippen LogP contribution in [0.1, 0.15) is 31.2 Å². The summed E-state index contributed by atoms with van der Waals surface area (Å²) in [6.45, 7) is 2.62. The van der Waals surface area contributed by atoms with Gasteiger partial charge >= 0.3 is 0 Å². The fourth-order valence-corrected chi connectivity index (χ4v) is 1.38. The monoisotopic (exact) mass is 215 g/mol. The van der Waals surface area contributed by atoms with E-state index in [1.165, 1.54) is 0 Å². The van der Waals surface area contributed by atoms with Gasteiger partial charge in [0.1, 0.15) is 12.1 Å². The van der Waals surface area contributed by atoms with Crippen LogP contribution in [0.15, 0.2) is 12.2 Å². The van der Waals surface area contributed by atoms with Crippen LogP contribution in [-0.2, 0) is 6.54 Å². The molecule has 0 amide bonds. The first kappa shape index (κ1) is 11.8. The Morgan fingerprint density at radius 2 is 2.12 bits per heavy atom. The number of hydrogen-bond donors (Lipinski definition) is 1. The molecule has 2 N–H and O–H groups in total. The average Bonchev–Trinajstić information content (AvgIpc) is 2.60. The summed E-state index contributed by atoms with van der Waals surface area (Å²) in [6, 6.07) is 3.81.